The molecule has 9 aromatic rings. The summed E-state index contributed by atoms with van der Waals surface area (Å²) < 4.78 is 103. The molecule has 9 N–H and O–H groups in total. The molecule has 10 rings (SSSR count). The van der Waals surface area contributed by atoms with E-state index in [-0.39, 0.29) is 167 Å². The van der Waals surface area contributed by atoms with Gasteiger partial charge in [-0.05, 0) is 244 Å². The van der Waals surface area contributed by atoms with Gasteiger partial charge in [0.1, 0.15) is 15.0 Å². The fourth-order valence-electron chi connectivity index (χ4n) is 10.8. The molecule has 6 aromatic carbocycles. The number of thiazole rings is 3. The Morgan fingerprint density at radius 2 is 0.837 bits per heavy atom. The third-order valence-electron chi connectivity index (χ3n) is 15.4. The van der Waals surface area contributed by atoms with Gasteiger partial charge in [0.2, 0.25) is 47.1 Å². The largest absolute Gasteiger partial charge is 1.00 e. The molecule has 123 heavy (non-hydrogen) atoms. The van der Waals surface area contributed by atoms with Crippen molar-refractivity contribution >= 4 is 175 Å². The maximum atomic E-state index is 13.5. The molecule has 0 bridgehead atoms. The summed E-state index contributed by atoms with van der Waals surface area (Å²) >= 11 is 19.9. The third-order valence-corrected chi connectivity index (χ3v) is 24.7. The zero-order valence-corrected chi connectivity index (χ0v) is 84.7. The zero-order chi connectivity index (χ0) is 90.0. The van der Waals surface area contributed by atoms with Gasteiger partial charge in [-0.25, -0.2) is 68.8 Å². The molecule has 1 aliphatic heterocycles. The van der Waals surface area contributed by atoms with Gasteiger partial charge in [0, 0.05) is 140 Å². The van der Waals surface area contributed by atoms with Crippen molar-refractivity contribution < 1.29 is 187 Å². The minimum absolute atomic E-state index is 0. The van der Waals surface area contributed by atoms with Crippen LogP contribution in [0.1, 0.15) is 144 Å². The van der Waals surface area contributed by atoms with Gasteiger partial charge in [-0.15, -0.1) is 57.2 Å². The van der Waals surface area contributed by atoms with Crippen LogP contribution in [0, 0.1) is 0 Å². The van der Waals surface area contributed by atoms with Crippen LogP contribution < -0.4 is 154 Å². The van der Waals surface area contributed by atoms with E-state index >= 15 is 0 Å². The van der Waals surface area contributed by atoms with E-state index in [1.54, 1.807) is 206 Å². The maximum Gasteiger partial charge on any atom is 1.00 e. The van der Waals surface area contributed by atoms with Gasteiger partial charge in [0.05, 0.1) is 47.6 Å². The molecule has 0 saturated carbocycles. The van der Waals surface area contributed by atoms with Crippen molar-refractivity contribution in [1.82, 2.24) is 29.1 Å². The molecule has 656 valence electrons. The number of ether oxygens (including phenoxy) is 3. The van der Waals surface area contributed by atoms with Gasteiger partial charge < -0.3 is 41.7 Å². The zero-order valence-electron chi connectivity index (χ0n) is 72.3. The SMILES string of the molecule is CC(C)OC(=O)Nc1ccc(-c2ncc(-c3ccc(N)cc3S(=O)(=O)NC(C)(C)C)s2)cc1.CC(C)OC(=O)Nc1ccc(-c2ncc(-c3ccc(N4CCCC4=O)cc3S(=O)(=O)NC(C)(C)C)s2)cc1.CC(C)OC(=O)Nc1ccc(-c2ncc(-c3ccc(NC(=O)CCCCl)cc3S(=O)(=O)NC(C)(C)C)s2)cc1.O=C(Cl)CCCCl.O=CO[O-].[H-].[K+].[K+]. The number of nitrogens with zero attached hydrogens (tertiary/aromatic N) is 4. The number of alkyl halides is 2. The Bertz CT molecular complexity index is 5410. The Morgan fingerprint density at radius 3 is 1.15 bits per heavy atom. The molecule has 1 saturated heterocycles. The van der Waals surface area contributed by atoms with E-state index < -0.39 is 65.0 Å². The number of sulfonamides is 3. The molecule has 5 amide bonds. The van der Waals surface area contributed by atoms with Crippen LogP contribution in [0.2, 0.25) is 0 Å². The molecule has 1 fully saturated rings. The first-order valence-electron chi connectivity index (χ1n) is 37.7. The molecule has 0 aliphatic carbocycles. The Hall–Kier alpha value is -6.27. The van der Waals surface area contributed by atoms with Crippen LogP contribution in [0.25, 0.3) is 63.0 Å². The van der Waals surface area contributed by atoms with Crippen molar-refractivity contribution in [3.8, 4) is 63.0 Å². The summed E-state index contributed by atoms with van der Waals surface area (Å²) in [5, 5.41) is 21.0. The van der Waals surface area contributed by atoms with E-state index in [1.807, 2.05) is 36.4 Å². The number of nitrogens with two attached hydrogens (primary N) is 1. The van der Waals surface area contributed by atoms with E-state index in [2.05, 4.69) is 55.3 Å². The van der Waals surface area contributed by atoms with Gasteiger partial charge in [-0.2, -0.15) is 0 Å². The molecular formula is C82H101Cl3K2N12O18S6. The normalized spacial score (nSPS) is 12.1. The molecule has 1 aliphatic rings. The second kappa shape index (κ2) is 50.5. The van der Waals surface area contributed by atoms with Crippen molar-refractivity contribution in [3.63, 3.8) is 0 Å². The molecule has 0 atom stereocenters. The van der Waals surface area contributed by atoms with Crippen molar-refractivity contribution in [2.45, 2.75) is 192 Å². The van der Waals surface area contributed by atoms with E-state index in [0.717, 1.165) is 23.1 Å². The van der Waals surface area contributed by atoms with Crippen molar-refractivity contribution in [2.75, 3.05) is 50.2 Å². The molecule has 0 unspecified atom stereocenters. The quantitative estimate of drug-likeness (QED) is 0.00346. The maximum absolute atomic E-state index is 13.5. The monoisotopic (exact) mass is 1920 g/mol. The van der Waals surface area contributed by atoms with E-state index in [0.29, 0.717) is 124 Å². The topological polar surface area (TPSA) is 434 Å². The minimum atomic E-state index is -3.95. The van der Waals surface area contributed by atoms with Gasteiger partial charge >= 0.3 is 121 Å². The second-order valence-corrected chi connectivity index (χ2v) is 39.8. The van der Waals surface area contributed by atoms with Gasteiger partial charge in [0.15, 0.2) is 0 Å². The minimum Gasteiger partial charge on any atom is -1.00 e. The Balaban J connectivity index is 0.000000447. The number of amides is 5. The number of nitrogen functional groups attached to an aromatic ring is 1. The number of benzene rings is 6. The fourth-order valence-corrected chi connectivity index (χ4v) is 19.3. The Labute approximate surface area is 832 Å². The first-order chi connectivity index (χ1) is 56.6. The second-order valence-electron chi connectivity index (χ2n) is 30.6. The molecule has 4 heterocycles. The van der Waals surface area contributed by atoms with Gasteiger partial charge in [-0.1, -0.05) is 18.2 Å². The first kappa shape index (κ1) is 109. The van der Waals surface area contributed by atoms with Crippen LogP contribution in [-0.4, -0.2) is 135 Å². The van der Waals surface area contributed by atoms with Crippen LogP contribution in [-0.2, 0) is 68.3 Å². The first-order valence-corrected chi connectivity index (χ1v) is 46.0. The van der Waals surface area contributed by atoms with Crippen molar-refractivity contribution in [2.24, 2.45) is 0 Å². The number of halogens is 3. The third kappa shape index (κ3) is 37.2. The summed E-state index contributed by atoms with van der Waals surface area (Å²) in [6, 6.07) is 36.1. The molecule has 41 heteroatoms. The van der Waals surface area contributed by atoms with Crippen LogP contribution in [0.3, 0.4) is 0 Å². The fraction of sp³-hybridized carbons (Fsp3) is 0.366. The Morgan fingerprint density at radius 1 is 0.512 bits per heavy atom. The standard InChI is InChI=1S/C27H33ClN4O5S2.C27H32N4O5S2.C23H28N4O4S2.C4H6Cl2O.CH2O3.2K.H/c1-17(2)37-26(34)31-19-10-8-18(9-11-19)25-29-16-22(38-25)21-13-12-20(30-24(33)7-6-14-28)15-23(21)39(35,36)32-27(3,4)5;1-17(2)36-26(33)29-19-10-8-18(9-11-19)25-28-16-22(37-25)21-13-12-20(31-14-6-7-24(31)32)15-23(21)38(34,35)30-27(3,4)5;1-14(2)31-22(28)26-17-9-6-15(7-10-17)21-25-13-19(32-21)18-11-8-16(24)12-20(18)33(29,30)27-23(3,4)5;5-3-1-2-4(6)7;2-1-4-3;;;/h8-13,15-17,32H,6-7,14H2,1-5H3,(H,30,33)(H,31,34);8-13,15-17,30H,6-7,14H2,1-5H3,(H,29,33);6-14,27H,24H2,1-5H3,(H,26,28);1-3H2;1,3H;;;/q;;;;;2*+1;-1/p-1. The van der Waals surface area contributed by atoms with Crippen LogP contribution >= 0.6 is 68.8 Å². The van der Waals surface area contributed by atoms with Gasteiger partial charge in [-0.3, -0.25) is 35.1 Å². The summed E-state index contributed by atoms with van der Waals surface area (Å²) in [6.07, 6.45) is 5.71. The predicted molar refractivity (Wildman–Crippen MR) is 479 cm³/mol. The summed E-state index contributed by atoms with van der Waals surface area (Å²) in [5.41, 5.74) is 10.9. The number of rotatable bonds is 27. The summed E-state index contributed by atoms with van der Waals surface area (Å²) in [4.78, 5) is 98.6. The number of carbonyl (C=O) groups excluding carboxylic acids is 7. The summed E-state index contributed by atoms with van der Waals surface area (Å²) in [7, 11) is -11.7. The Kier molecular flexibility index (Phi) is 44.8. The van der Waals surface area contributed by atoms with Crippen LogP contribution in [0.5, 0.6) is 0 Å². The van der Waals surface area contributed by atoms with E-state index in [1.165, 1.54) is 46.1 Å². The average molecular weight is 1920 g/mol. The smallest absolute Gasteiger partial charge is 1.00 e. The van der Waals surface area contributed by atoms with Crippen LogP contribution in [0.15, 0.2) is 161 Å². The van der Waals surface area contributed by atoms with Crippen molar-refractivity contribution in [1.29, 1.82) is 0 Å². The number of aromatic nitrogens is 3. The molecule has 0 radical (unpaired) electrons. The molecule has 30 nitrogen and oxygen atoms in total. The molecular weight excluding hydrogens is 1820 g/mol. The van der Waals surface area contributed by atoms with Crippen molar-refractivity contribution in [3.05, 3.63) is 146 Å². The number of carbonyl (C=O) groups is 7. The number of hydrogen-bond acceptors (Lipinski definition) is 25. The number of nitrogens with one attached hydrogen (secondary N) is 7. The summed E-state index contributed by atoms with van der Waals surface area (Å²) in [5.74, 6) is 0.615. The van der Waals surface area contributed by atoms with Crippen LogP contribution in [0.4, 0.5) is 48.5 Å². The van der Waals surface area contributed by atoms with E-state index in [4.69, 9.17) is 64.8 Å². The molecule has 3 aromatic heterocycles. The number of anilines is 6. The number of hydrogen-bond donors (Lipinski definition) is 8. The van der Waals surface area contributed by atoms with E-state index in [9.17, 15) is 54.0 Å². The average Bonchev–Trinajstić information content (AvgIpc) is 1.29. The predicted octanol–water partition coefficient (Wildman–Crippen LogP) is 11.5. The molecule has 0 spiro atoms. The van der Waals surface area contributed by atoms with Gasteiger partial charge in [0.25, 0.3) is 6.47 Å². The summed E-state index contributed by atoms with van der Waals surface area (Å²) in [6.45, 7) is 27.0.